The number of nitrogens with zero attached hydrogens (tertiary/aromatic N) is 3. The van der Waals surface area contributed by atoms with Crippen molar-refractivity contribution in [3.8, 4) is 5.75 Å². The largest absolute Gasteiger partial charge is 0.476 e. The maximum absolute atomic E-state index is 12.9. The van der Waals surface area contributed by atoms with Gasteiger partial charge in [-0.05, 0) is 30.7 Å². The number of carboxylic acids is 1. The van der Waals surface area contributed by atoms with Gasteiger partial charge in [0.1, 0.15) is 12.0 Å². The lowest BCUT2D eigenvalue weighted by Gasteiger charge is -2.17. The van der Waals surface area contributed by atoms with Gasteiger partial charge in [-0.25, -0.2) is 4.79 Å². The molecule has 3 rings (SSSR count). The summed E-state index contributed by atoms with van der Waals surface area (Å²) >= 11 is 0. The third kappa shape index (κ3) is 5.05. The van der Waals surface area contributed by atoms with E-state index in [1.54, 1.807) is 9.58 Å². The van der Waals surface area contributed by atoms with Gasteiger partial charge < -0.3 is 14.7 Å². The number of hydrogen-bond acceptors (Lipinski definition) is 4. The Morgan fingerprint density at radius 3 is 2.23 bits per heavy atom. The topological polar surface area (TPSA) is 67.6 Å². The molecule has 1 N–H and O–H groups in total. The van der Waals surface area contributed by atoms with Crippen LogP contribution in [0.4, 0.5) is 26.3 Å². The smallest absolute Gasteiger partial charge is 0.416 e. The van der Waals surface area contributed by atoms with Gasteiger partial charge in [-0.3, -0.25) is 4.68 Å². The number of fused-ring (bicyclic) bond motifs is 1. The van der Waals surface area contributed by atoms with E-state index in [-0.39, 0.29) is 18.3 Å². The van der Waals surface area contributed by atoms with Crippen LogP contribution in [0.2, 0.25) is 0 Å². The first kappa shape index (κ1) is 21.5. The number of hydrogen-bond donors (Lipinski definition) is 1. The van der Waals surface area contributed by atoms with Crippen molar-refractivity contribution in [2.45, 2.75) is 31.9 Å². The molecule has 0 fully saturated rings. The number of halogens is 6. The molecule has 0 spiro atoms. The van der Waals surface area contributed by atoms with Crippen LogP contribution in [0.3, 0.4) is 0 Å². The van der Waals surface area contributed by atoms with Crippen molar-refractivity contribution < 1.29 is 41.0 Å². The summed E-state index contributed by atoms with van der Waals surface area (Å²) in [6.07, 6.45) is -6.97. The number of carboxylic acid groups (broad SMARTS) is 1. The first-order valence-electron chi connectivity index (χ1n) is 8.60. The lowest BCUT2D eigenvalue weighted by molar-refractivity contribution is -0.143. The van der Waals surface area contributed by atoms with E-state index in [9.17, 15) is 31.1 Å². The average Bonchev–Trinajstić information content (AvgIpc) is 2.93. The van der Waals surface area contributed by atoms with Gasteiger partial charge >= 0.3 is 18.3 Å². The molecule has 0 radical (unpaired) electrons. The molecule has 1 aliphatic rings. The van der Waals surface area contributed by atoms with Crippen LogP contribution in [-0.2, 0) is 25.4 Å². The van der Waals surface area contributed by atoms with Crippen LogP contribution >= 0.6 is 0 Å². The van der Waals surface area contributed by atoms with Crippen LogP contribution in [0, 0.1) is 0 Å². The Labute approximate surface area is 166 Å². The highest BCUT2D eigenvalue weighted by Gasteiger charge is 2.37. The zero-order valence-corrected chi connectivity index (χ0v) is 15.2. The van der Waals surface area contributed by atoms with Crippen LogP contribution in [0.1, 0.15) is 33.7 Å². The van der Waals surface area contributed by atoms with Gasteiger partial charge in [-0.1, -0.05) is 0 Å². The fourth-order valence-electron chi connectivity index (χ4n) is 2.91. The molecule has 1 aromatic carbocycles. The molecule has 2 heterocycles. The third-order valence-electron chi connectivity index (χ3n) is 4.30. The van der Waals surface area contributed by atoms with Gasteiger partial charge in [-0.15, -0.1) is 0 Å². The number of alkyl halides is 6. The zero-order chi connectivity index (χ0) is 22.1. The van der Waals surface area contributed by atoms with Crippen molar-refractivity contribution >= 4 is 5.97 Å². The molecule has 0 amide bonds. The number of rotatable bonds is 4. The standard InChI is InChI=1S/C18H15F6N3O3/c19-17(20,21)11-6-12(18(22,23)24)8-14(7-11)30-5-4-26-2-1-3-27-13(10-26)9-15(25-27)16(28)29/h4-9H,1-3,10H2,(H,28,29). The number of aryl methyl sites for hydroxylation is 1. The minimum absolute atomic E-state index is 0.0204. The van der Waals surface area contributed by atoms with E-state index in [0.717, 1.165) is 6.26 Å². The van der Waals surface area contributed by atoms with E-state index in [1.807, 2.05) is 0 Å². The molecular weight excluding hydrogens is 420 g/mol. The van der Waals surface area contributed by atoms with Crippen LogP contribution in [0.15, 0.2) is 36.7 Å². The Kier molecular flexibility index (Phi) is 5.68. The van der Waals surface area contributed by atoms with Gasteiger partial charge in [-0.2, -0.15) is 31.4 Å². The van der Waals surface area contributed by atoms with Crippen molar-refractivity contribution in [1.82, 2.24) is 14.7 Å². The molecule has 162 valence electrons. The summed E-state index contributed by atoms with van der Waals surface area (Å²) in [7, 11) is 0. The van der Waals surface area contributed by atoms with Crippen molar-refractivity contribution in [3.63, 3.8) is 0 Å². The van der Waals surface area contributed by atoms with Crippen molar-refractivity contribution in [2.24, 2.45) is 0 Å². The quantitative estimate of drug-likeness (QED) is 0.571. The first-order chi connectivity index (χ1) is 13.9. The monoisotopic (exact) mass is 435 g/mol. The third-order valence-corrected chi connectivity index (χ3v) is 4.30. The Morgan fingerprint density at radius 2 is 1.67 bits per heavy atom. The Morgan fingerprint density at radius 1 is 1.03 bits per heavy atom. The van der Waals surface area contributed by atoms with E-state index < -0.39 is 35.2 Å². The van der Waals surface area contributed by atoms with Gasteiger partial charge in [0, 0.05) is 19.3 Å². The molecule has 30 heavy (non-hydrogen) atoms. The van der Waals surface area contributed by atoms with Gasteiger partial charge in [0.2, 0.25) is 0 Å². The summed E-state index contributed by atoms with van der Waals surface area (Å²) in [6, 6.07) is 2.39. The molecule has 0 unspecified atom stereocenters. The molecule has 1 aromatic heterocycles. The van der Waals surface area contributed by atoms with E-state index in [2.05, 4.69) is 5.10 Å². The molecule has 6 nitrogen and oxygen atoms in total. The summed E-state index contributed by atoms with van der Waals surface area (Å²) in [5.41, 5.74) is -2.45. The number of benzene rings is 1. The highest BCUT2D eigenvalue weighted by molar-refractivity contribution is 5.85. The summed E-state index contributed by atoms with van der Waals surface area (Å²) < 4.78 is 83.9. The van der Waals surface area contributed by atoms with E-state index in [4.69, 9.17) is 9.84 Å². The summed E-state index contributed by atoms with van der Waals surface area (Å²) in [6.45, 7) is 1.22. The number of ether oxygens (including phenoxy) is 1. The Hall–Kier alpha value is -3.18. The van der Waals surface area contributed by atoms with Gasteiger partial charge in [0.15, 0.2) is 5.69 Å². The zero-order valence-electron chi connectivity index (χ0n) is 15.2. The van der Waals surface area contributed by atoms with E-state index in [1.165, 1.54) is 12.3 Å². The van der Waals surface area contributed by atoms with Crippen molar-refractivity contribution in [2.75, 3.05) is 6.54 Å². The highest BCUT2D eigenvalue weighted by atomic mass is 19.4. The average molecular weight is 435 g/mol. The lowest BCUT2D eigenvalue weighted by Crippen LogP contribution is -2.16. The van der Waals surface area contributed by atoms with Crippen LogP contribution in [-0.4, -0.2) is 32.3 Å². The number of carbonyl (C=O) groups is 1. The predicted octanol–water partition coefficient (Wildman–Crippen LogP) is 4.37. The second-order valence-corrected chi connectivity index (χ2v) is 6.52. The summed E-state index contributed by atoms with van der Waals surface area (Å²) in [4.78, 5) is 12.7. The predicted molar refractivity (Wildman–Crippen MR) is 90.4 cm³/mol. The van der Waals surface area contributed by atoms with Crippen LogP contribution in [0.25, 0.3) is 0 Å². The fourth-order valence-corrected chi connectivity index (χ4v) is 2.91. The minimum Gasteiger partial charge on any atom is -0.476 e. The lowest BCUT2D eigenvalue weighted by atomic mass is 10.1. The normalized spacial score (nSPS) is 15.2. The second kappa shape index (κ2) is 7.92. The first-order valence-corrected chi connectivity index (χ1v) is 8.60. The summed E-state index contributed by atoms with van der Waals surface area (Å²) in [5.74, 6) is -1.78. The van der Waals surface area contributed by atoms with E-state index in [0.29, 0.717) is 37.3 Å². The number of aromatic nitrogens is 2. The SMILES string of the molecule is O=C(O)c1cc2n(n1)CCCN(C=COc1cc(C(F)(F)F)cc(C(F)(F)F)c1)C2. The highest BCUT2D eigenvalue weighted by Crippen LogP contribution is 2.38. The molecule has 12 heteroatoms. The molecule has 0 saturated carbocycles. The second-order valence-electron chi connectivity index (χ2n) is 6.52. The minimum atomic E-state index is -4.96. The molecule has 0 aliphatic carbocycles. The molecule has 0 bridgehead atoms. The van der Waals surface area contributed by atoms with Gasteiger partial charge in [0.25, 0.3) is 0 Å². The maximum atomic E-state index is 12.9. The molecular formula is C18H15F6N3O3. The molecule has 0 atom stereocenters. The van der Waals surface area contributed by atoms with Crippen LogP contribution in [0.5, 0.6) is 5.75 Å². The van der Waals surface area contributed by atoms with Crippen LogP contribution < -0.4 is 4.74 Å². The number of aromatic carboxylic acids is 1. The van der Waals surface area contributed by atoms with E-state index >= 15 is 0 Å². The molecule has 0 saturated heterocycles. The fraction of sp³-hybridized carbons (Fsp3) is 0.333. The molecule has 1 aliphatic heterocycles. The van der Waals surface area contributed by atoms with Crippen molar-refractivity contribution in [1.29, 1.82) is 0 Å². The maximum Gasteiger partial charge on any atom is 0.416 e. The Balaban J connectivity index is 1.76. The Bertz CT molecular complexity index is 933. The van der Waals surface area contributed by atoms with Gasteiger partial charge in [0.05, 0.1) is 23.4 Å². The van der Waals surface area contributed by atoms with Crippen molar-refractivity contribution in [3.05, 3.63) is 59.2 Å². The summed E-state index contributed by atoms with van der Waals surface area (Å²) in [5, 5.41) is 13.0. The molecule has 2 aromatic rings.